The summed E-state index contributed by atoms with van der Waals surface area (Å²) in [5, 5.41) is 5.96. The summed E-state index contributed by atoms with van der Waals surface area (Å²) < 4.78 is 12.2. The largest absolute Gasteiger partial charge is 0.490 e. The molecule has 35 heavy (non-hydrogen) atoms. The maximum atomic E-state index is 13.3. The van der Waals surface area contributed by atoms with Gasteiger partial charge in [-0.25, -0.2) is 4.79 Å². The number of likely N-dealkylation sites (N-methyl/N-ethyl adjacent to an activating group) is 1. The molecule has 4 rings (SSSR count). The Bertz CT molecular complexity index is 1120. The molecule has 2 N–H and O–H groups in total. The summed E-state index contributed by atoms with van der Waals surface area (Å²) in [7, 11) is 5.19. The van der Waals surface area contributed by atoms with Gasteiger partial charge in [0.25, 0.3) is 5.91 Å². The van der Waals surface area contributed by atoms with Gasteiger partial charge in [-0.2, -0.15) is 0 Å². The smallest absolute Gasteiger partial charge is 0.323 e. The molecule has 0 saturated carbocycles. The zero-order valence-electron chi connectivity index (χ0n) is 19.9. The van der Waals surface area contributed by atoms with Gasteiger partial charge in [-0.3, -0.25) is 9.59 Å². The molecule has 0 aromatic heterocycles. The summed E-state index contributed by atoms with van der Waals surface area (Å²) in [6.45, 7) is 0.254. The molecule has 186 valence electrons. The highest BCUT2D eigenvalue weighted by Crippen LogP contribution is 2.32. The van der Waals surface area contributed by atoms with Crippen molar-refractivity contribution in [3.8, 4) is 5.75 Å². The lowest BCUT2D eigenvalue weighted by Crippen LogP contribution is -2.53. The maximum Gasteiger partial charge on any atom is 0.323 e. The molecule has 3 atom stereocenters. The number of halogens is 1. The van der Waals surface area contributed by atoms with Crippen LogP contribution in [0, 0.1) is 0 Å². The topological polar surface area (TPSA) is 100 Å². The molecule has 0 unspecified atom stereocenters. The second-order valence-electron chi connectivity index (χ2n) is 8.96. The molecule has 10 heteroatoms. The Hall–Kier alpha value is -3.30. The van der Waals surface area contributed by atoms with Gasteiger partial charge in [-0.15, -0.1) is 0 Å². The van der Waals surface area contributed by atoms with Gasteiger partial charge in [-0.1, -0.05) is 17.7 Å². The summed E-state index contributed by atoms with van der Waals surface area (Å²) in [5.41, 5.74) is 1.36. The van der Waals surface area contributed by atoms with Crippen LogP contribution in [0.1, 0.15) is 29.6 Å². The zero-order chi connectivity index (χ0) is 25.1. The minimum atomic E-state index is -0.459. The summed E-state index contributed by atoms with van der Waals surface area (Å²) >= 11 is 5.96. The van der Waals surface area contributed by atoms with Crippen molar-refractivity contribution in [2.75, 3.05) is 38.4 Å². The molecule has 1 saturated heterocycles. The van der Waals surface area contributed by atoms with E-state index in [1.807, 2.05) is 0 Å². The molecule has 2 aromatic carbocycles. The van der Waals surface area contributed by atoms with Crippen molar-refractivity contribution < 1.29 is 23.9 Å². The number of hydrogen-bond donors (Lipinski definition) is 2. The Morgan fingerprint density at radius 3 is 2.57 bits per heavy atom. The van der Waals surface area contributed by atoms with Crippen molar-refractivity contribution in [3.05, 3.63) is 53.1 Å². The van der Waals surface area contributed by atoms with Crippen LogP contribution < -0.4 is 15.4 Å². The first-order valence-electron chi connectivity index (χ1n) is 11.4. The van der Waals surface area contributed by atoms with Crippen LogP contribution in [-0.2, 0) is 9.53 Å². The van der Waals surface area contributed by atoms with Crippen molar-refractivity contribution in [2.24, 2.45) is 0 Å². The molecule has 1 fully saturated rings. The number of rotatable bonds is 4. The van der Waals surface area contributed by atoms with Gasteiger partial charge in [0.15, 0.2) is 0 Å². The first-order valence-corrected chi connectivity index (χ1v) is 11.8. The van der Waals surface area contributed by atoms with E-state index in [4.69, 9.17) is 21.1 Å². The van der Waals surface area contributed by atoms with Crippen molar-refractivity contribution in [3.63, 3.8) is 0 Å². The Balaban J connectivity index is 1.46. The SMILES string of the molecule is CN(C)C(=O)C[C@@H]1CC[C@H]2[C@@H](COc3ccc(NC(=O)Nc4cccc(Cl)c4)cc3C(=O)N2C)O1. The second kappa shape index (κ2) is 10.5. The molecule has 0 radical (unpaired) electrons. The molecular formula is C25H29ClN4O5. The van der Waals surface area contributed by atoms with Crippen LogP contribution in [0.25, 0.3) is 0 Å². The molecule has 9 nitrogen and oxygen atoms in total. The lowest BCUT2D eigenvalue weighted by Gasteiger charge is -2.42. The highest BCUT2D eigenvalue weighted by molar-refractivity contribution is 6.30. The van der Waals surface area contributed by atoms with E-state index in [2.05, 4.69) is 10.6 Å². The van der Waals surface area contributed by atoms with E-state index in [1.165, 1.54) is 0 Å². The number of anilines is 2. The van der Waals surface area contributed by atoms with Gasteiger partial charge in [0.2, 0.25) is 5.91 Å². The lowest BCUT2D eigenvalue weighted by atomic mass is 9.94. The zero-order valence-corrected chi connectivity index (χ0v) is 20.7. The number of ether oxygens (including phenoxy) is 2. The average Bonchev–Trinajstić information content (AvgIpc) is 2.81. The van der Waals surface area contributed by atoms with E-state index < -0.39 is 6.03 Å². The number of urea groups is 1. The summed E-state index contributed by atoms with van der Waals surface area (Å²) in [4.78, 5) is 41.1. The number of carbonyl (C=O) groups is 3. The number of hydrogen-bond acceptors (Lipinski definition) is 5. The standard InChI is InChI=1S/C25H29ClN4O5/c1-29(2)23(31)13-18-8-9-20-22(35-18)14-34-21-10-7-17(12-19(21)24(32)30(20)3)28-25(33)27-16-6-4-5-15(26)11-16/h4-7,10-12,18,20,22H,8-9,13-14H2,1-3H3,(H2,27,28,33)/t18-,20-,22+/m0/s1. The van der Waals surface area contributed by atoms with Crippen LogP contribution in [0.5, 0.6) is 5.75 Å². The van der Waals surface area contributed by atoms with Crippen LogP contribution in [0.2, 0.25) is 5.02 Å². The van der Waals surface area contributed by atoms with E-state index in [-0.39, 0.29) is 36.7 Å². The Morgan fingerprint density at radius 1 is 1.11 bits per heavy atom. The van der Waals surface area contributed by atoms with Gasteiger partial charge < -0.3 is 29.9 Å². The van der Waals surface area contributed by atoms with Crippen LogP contribution in [0.3, 0.4) is 0 Å². The Kier molecular flexibility index (Phi) is 7.47. The van der Waals surface area contributed by atoms with Crippen LogP contribution in [0.15, 0.2) is 42.5 Å². The van der Waals surface area contributed by atoms with E-state index in [9.17, 15) is 14.4 Å². The first-order chi connectivity index (χ1) is 16.7. The van der Waals surface area contributed by atoms with Crippen molar-refractivity contribution in [1.82, 2.24) is 9.80 Å². The van der Waals surface area contributed by atoms with Gasteiger partial charge in [0, 0.05) is 37.5 Å². The number of benzene rings is 2. The van der Waals surface area contributed by atoms with Gasteiger partial charge in [-0.05, 0) is 49.2 Å². The number of fused-ring (bicyclic) bond motifs is 2. The van der Waals surface area contributed by atoms with E-state index in [1.54, 1.807) is 73.4 Å². The second-order valence-corrected chi connectivity index (χ2v) is 9.40. The fourth-order valence-electron chi connectivity index (χ4n) is 4.34. The van der Waals surface area contributed by atoms with Crippen LogP contribution in [-0.4, -0.2) is 73.6 Å². The third kappa shape index (κ3) is 5.86. The Labute approximate surface area is 209 Å². The summed E-state index contributed by atoms with van der Waals surface area (Å²) in [5.74, 6) is 0.200. The highest BCUT2D eigenvalue weighted by atomic mass is 35.5. The van der Waals surface area contributed by atoms with Gasteiger partial charge in [0.05, 0.1) is 24.1 Å². The molecule has 4 amide bonds. The lowest BCUT2D eigenvalue weighted by molar-refractivity contribution is -0.140. The highest BCUT2D eigenvalue weighted by Gasteiger charge is 2.39. The quantitative estimate of drug-likeness (QED) is 0.664. The molecule has 2 aromatic rings. The van der Waals surface area contributed by atoms with E-state index >= 15 is 0 Å². The third-order valence-corrected chi connectivity index (χ3v) is 6.49. The van der Waals surface area contributed by atoms with Gasteiger partial charge >= 0.3 is 6.03 Å². The summed E-state index contributed by atoms with van der Waals surface area (Å²) in [6, 6.07) is 11.1. The molecule has 2 heterocycles. The number of nitrogens with one attached hydrogen (secondary N) is 2. The third-order valence-electron chi connectivity index (χ3n) is 6.25. The maximum absolute atomic E-state index is 13.3. The number of amides is 4. The molecule has 0 spiro atoms. The predicted octanol–water partition coefficient (Wildman–Crippen LogP) is 3.84. The summed E-state index contributed by atoms with van der Waals surface area (Å²) in [6.07, 6.45) is 1.14. The molecule has 0 bridgehead atoms. The molecular weight excluding hydrogens is 472 g/mol. The van der Waals surface area contributed by atoms with E-state index in [0.717, 1.165) is 0 Å². The predicted molar refractivity (Wildman–Crippen MR) is 133 cm³/mol. The molecule has 0 aliphatic carbocycles. The molecule has 2 aliphatic rings. The fourth-order valence-corrected chi connectivity index (χ4v) is 4.53. The number of nitrogens with zero attached hydrogens (tertiary/aromatic N) is 2. The molecule has 2 aliphatic heterocycles. The van der Waals surface area contributed by atoms with Crippen molar-refractivity contribution >= 4 is 40.8 Å². The monoisotopic (exact) mass is 500 g/mol. The normalized spacial score (nSPS) is 21.5. The van der Waals surface area contributed by atoms with Crippen molar-refractivity contribution in [1.29, 1.82) is 0 Å². The first kappa shape index (κ1) is 24.8. The Morgan fingerprint density at radius 2 is 1.86 bits per heavy atom. The number of carbonyl (C=O) groups excluding carboxylic acids is 3. The van der Waals surface area contributed by atoms with Crippen LogP contribution >= 0.6 is 11.6 Å². The average molecular weight is 501 g/mol. The van der Waals surface area contributed by atoms with Crippen LogP contribution in [0.4, 0.5) is 16.2 Å². The van der Waals surface area contributed by atoms with Gasteiger partial charge in [0.1, 0.15) is 18.5 Å². The minimum Gasteiger partial charge on any atom is -0.490 e. The van der Waals surface area contributed by atoms with E-state index in [0.29, 0.717) is 47.0 Å². The minimum absolute atomic E-state index is 0.00872. The van der Waals surface area contributed by atoms with Crippen molar-refractivity contribution in [2.45, 2.75) is 37.5 Å². The fraction of sp³-hybridized carbons (Fsp3) is 0.400.